The fraction of sp³-hybridized carbons (Fsp3) is 1.00. The second-order valence-electron chi connectivity index (χ2n) is 5.65. The summed E-state index contributed by atoms with van der Waals surface area (Å²) in [5, 5.41) is 3.63. The third-order valence-electron chi connectivity index (χ3n) is 3.60. The molecule has 2 atom stereocenters. The van der Waals surface area contributed by atoms with Gasteiger partial charge in [0, 0.05) is 37.3 Å². The van der Waals surface area contributed by atoms with Crippen LogP contribution in [0.5, 0.6) is 0 Å². The van der Waals surface area contributed by atoms with E-state index in [0.29, 0.717) is 24.2 Å². The van der Waals surface area contributed by atoms with E-state index < -0.39 is 0 Å². The van der Waals surface area contributed by atoms with Gasteiger partial charge >= 0.3 is 0 Å². The van der Waals surface area contributed by atoms with Crippen molar-refractivity contribution < 1.29 is 0 Å². The molecule has 0 aromatic rings. The van der Waals surface area contributed by atoms with Gasteiger partial charge in [0.1, 0.15) is 0 Å². The Kier molecular flexibility index (Phi) is 5.73. The van der Waals surface area contributed by atoms with Crippen LogP contribution in [-0.4, -0.2) is 42.2 Å². The molecule has 1 aliphatic carbocycles. The molecule has 0 aromatic heterocycles. The number of rotatable bonds is 6. The molecule has 1 aliphatic rings. The van der Waals surface area contributed by atoms with Gasteiger partial charge in [-0.3, -0.25) is 4.90 Å². The first-order valence-electron chi connectivity index (χ1n) is 6.75. The van der Waals surface area contributed by atoms with Crippen molar-refractivity contribution >= 4 is 0 Å². The average molecular weight is 227 g/mol. The SMILES string of the molecule is CC(C)N(CCNC1CCC(N)C1)C(C)C. The average Bonchev–Trinajstić information content (AvgIpc) is 2.57. The molecule has 1 saturated carbocycles. The Morgan fingerprint density at radius 2 is 1.81 bits per heavy atom. The molecule has 0 spiro atoms. The highest BCUT2D eigenvalue weighted by Gasteiger charge is 2.21. The van der Waals surface area contributed by atoms with E-state index in [1.807, 2.05) is 0 Å². The Bertz CT molecular complexity index is 184. The topological polar surface area (TPSA) is 41.3 Å². The monoisotopic (exact) mass is 227 g/mol. The summed E-state index contributed by atoms with van der Waals surface area (Å²) in [5.41, 5.74) is 5.90. The summed E-state index contributed by atoms with van der Waals surface area (Å²) in [6.07, 6.45) is 3.60. The Labute approximate surface area is 101 Å². The smallest absolute Gasteiger partial charge is 0.0112 e. The zero-order valence-electron chi connectivity index (χ0n) is 11.4. The lowest BCUT2D eigenvalue weighted by atomic mass is 10.2. The van der Waals surface area contributed by atoms with Gasteiger partial charge in [-0.25, -0.2) is 0 Å². The van der Waals surface area contributed by atoms with Crippen LogP contribution in [0.3, 0.4) is 0 Å². The third kappa shape index (κ3) is 4.40. The van der Waals surface area contributed by atoms with Crippen LogP contribution in [0.2, 0.25) is 0 Å². The van der Waals surface area contributed by atoms with Crippen molar-refractivity contribution in [1.82, 2.24) is 10.2 Å². The Balaban J connectivity index is 2.18. The fourth-order valence-electron chi connectivity index (χ4n) is 2.71. The number of hydrogen-bond donors (Lipinski definition) is 2. The Hall–Kier alpha value is -0.120. The van der Waals surface area contributed by atoms with Crippen LogP contribution in [0, 0.1) is 0 Å². The first-order valence-corrected chi connectivity index (χ1v) is 6.75. The summed E-state index contributed by atoms with van der Waals surface area (Å²) < 4.78 is 0. The lowest BCUT2D eigenvalue weighted by Crippen LogP contribution is -2.43. The Morgan fingerprint density at radius 3 is 2.25 bits per heavy atom. The summed E-state index contributed by atoms with van der Waals surface area (Å²) in [7, 11) is 0. The third-order valence-corrected chi connectivity index (χ3v) is 3.60. The van der Waals surface area contributed by atoms with Gasteiger partial charge in [0.25, 0.3) is 0 Å². The predicted octanol–water partition coefficient (Wildman–Crippen LogP) is 1.57. The maximum Gasteiger partial charge on any atom is 0.0112 e. The molecule has 3 nitrogen and oxygen atoms in total. The predicted molar refractivity (Wildman–Crippen MR) is 70.6 cm³/mol. The van der Waals surface area contributed by atoms with Gasteiger partial charge in [0.15, 0.2) is 0 Å². The van der Waals surface area contributed by atoms with E-state index >= 15 is 0 Å². The zero-order valence-corrected chi connectivity index (χ0v) is 11.4. The van der Waals surface area contributed by atoms with Gasteiger partial charge in [-0.15, -0.1) is 0 Å². The van der Waals surface area contributed by atoms with E-state index in [2.05, 4.69) is 37.9 Å². The maximum absolute atomic E-state index is 5.90. The summed E-state index contributed by atoms with van der Waals surface area (Å²) in [4.78, 5) is 2.53. The van der Waals surface area contributed by atoms with Crippen LogP contribution in [-0.2, 0) is 0 Å². The van der Waals surface area contributed by atoms with E-state index in [-0.39, 0.29) is 0 Å². The fourth-order valence-corrected chi connectivity index (χ4v) is 2.71. The van der Waals surface area contributed by atoms with E-state index in [0.717, 1.165) is 19.5 Å². The highest BCUT2D eigenvalue weighted by Crippen LogP contribution is 2.16. The molecule has 0 aromatic carbocycles. The normalized spacial score (nSPS) is 26.2. The minimum atomic E-state index is 0.434. The Morgan fingerprint density at radius 1 is 1.19 bits per heavy atom. The van der Waals surface area contributed by atoms with Gasteiger partial charge in [-0.1, -0.05) is 0 Å². The molecule has 0 saturated heterocycles. The molecule has 3 heteroatoms. The van der Waals surface area contributed by atoms with Gasteiger partial charge in [-0.05, 0) is 47.0 Å². The van der Waals surface area contributed by atoms with E-state index in [1.54, 1.807) is 0 Å². The quantitative estimate of drug-likeness (QED) is 0.724. The standard InChI is InChI=1S/C13H29N3/c1-10(2)16(11(3)4)8-7-15-13-6-5-12(14)9-13/h10-13,15H,5-9,14H2,1-4H3. The van der Waals surface area contributed by atoms with Crippen molar-refractivity contribution in [2.24, 2.45) is 5.73 Å². The van der Waals surface area contributed by atoms with Crippen LogP contribution >= 0.6 is 0 Å². The van der Waals surface area contributed by atoms with Crippen LogP contribution in [0.15, 0.2) is 0 Å². The van der Waals surface area contributed by atoms with Crippen LogP contribution in [0.1, 0.15) is 47.0 Å². The first-order chi connectivity index (χ1) is 7.50. The van der Waals surface area contributed by atoms with Crippen LogP contribution < -0.4 is 11.1 Å². The molecule has 0 radical (unpaired) electrons. The lowest BCUT2D eigenvalue weighted by Gasteiger charge is -2.31. The number of nitrogens with two attached hydrogens (primary N) is 1. The molecule has 0 heterocycles. The minimum Gasteiger partial charge on any atom is -0.328 e. The van der Waals surface area contributed by atoms with Crippen LogP contribution in [0.25, 0.3) is 0 Å². The minimum absolute atomic E-state index is 0.434. The molecule has 1 fully saturated rings. The van der Waals surface area contributed by atoms with E-state index in [4.69, 9.17) is 5.73 Å². The highest BCUT2D eigenvalue weighted by molar-refractivity contribution is 4.83. The van der Waals surface area contributed by atoms with Crippen molar-refractivity contribution in [1.29, 1.82) is 0 Å². The van der Waals surface area contributed by atoms with Gasteiger partial charge in [-0.2, -0.15) is 0 Å². The maximum atomic E-state index is 5.90. The van der Waals surface area contributed by atoms with Crippen molar-refractivity contribution in [3.05, 3.63) is 0 Å². The molecule has 3 N–H and O–H groups in total. The molecule has 96 valence electrons. The second-order valence-corrected chi connectivity index (χ2v) is 5.65. The summed E-state index contributed by atoms with van der Waals surface area (Å²) in [6, 6.07) is 2.36. The molecule has 1 rings (SSSR count). The lowest BCUT2D eigenvalue weighted by molar-refractivity contribution is 0.174. The molecule has 16 heavy (non-hydrogen) atoms. The van der Waals surface area contributed by atoms with E-state index in [1.165, 1.54) is 12.8 Å². The van der Waals surface area contributed by atoms with Crippen LogP contribution in [0.4, 0.5) is 0 Å². The summed E-state index contributed by atoms with van der Waals surface area (Å²) in [6.45, 7) is 11.3. The van der Waals surface area contributed by atoms with Crippen molar-refractivity contribution in [2.45, 2.75) is 71.1 Å². The van der Waals surface area contributed by atoms with E-state index in [9.17, 15) is 0 Å². The zero-order chi connectivity index (χ0) is 12.1. The van der Waals surface area contributed by atoms with Crippen molar-refractivity contribution in [3.63, 3.8) is 0 Å². The first kappa shape index (κ1) is 13.9. The molecule has 0 bridgehead atoms. The molecule has 0 aliphatic heterocycles. The van der Waals surface area contributed by atoms with Crippen molar-refractivity contribution in [2.75, 3.05) is 13.1 Å². The molecule has 2 unspecified atom stereocenters. The number of nitrogens with zero attached hydrogens (tertiary/aromatic N) is 1. The summed E-state index contributed by atoms with van der Waals surface area (Å²) >= 11 is 0. The second kappa shape index (κ2) is 6.58. The number of hydrogen-bond acceptors (Lipinski definition) is 3. The van der Waals surface area contributed by atoms with Gasteiger partial charge < -0.3 is 11.1 Å². The molecule has 0 amide bonds. The molecular formula is C13H29N3. The molecular weight excluding hydrogens is 198 g/mol. The summed E-state index contributed by atoms with van der Waals surface area (Å²) in [5.74, 6) is 0. The number of nitrogens with one attached hydrogen (secondary N) is 1. The largest absolute Gasteiger partial charge is 0.328 e. The highest BCUT2D eigenvalue weighted by atomic mass is 15.2. The van der Waals surface area contributed by atoms with Gasteiger partial charge in [0.05, 0.1) is 0 Å². The van der Waals surface area contributed by atoms with Gasteiger partial charge in [0.2, 0.25) is 0 Å². The van der Waals surface area contributed by atoms with Crippen molar-refractivity contribution in [3.8, 4) is 0 Å².